The number of pyridine rings is 1. The number of nitrogens with zero attached hydrogens (tertiary/aromatic N) is 2. The van der Waals surface area contributed by atoms with E-state index in [0.29, 0.717) is 18.3 Å². The number of benzene rings is 1. The molecule has 3 N–H and O–H groups in total. The van der Waals surface area contributed by atoms with Gasteiger partial charge in [-0.15, -0.1) is 0 Å². The maximum atomic E-state index is 14.1. The quantitative estimate of drug-likeness (QED) is 0.770. The molecule has 0 unspecified atom stereocenters. The number of urea groups is 1. The Morgan fingerprint density at radius 1 is 1.35 bits per heavy atom. The van der Waals surface area contributed by atoms with Gasteiger partial charge in [-0.3, -0.25) is 9.88 Å². The average Bonchev–Trinajstić information content (AvgIpc) is 3.15. The van der Waals surface area contributed by atoms with Crippen molar-refractivity contribution in [1.29, 1.82) is 0 Å². The van der Waals surface area contributed by atoms with E-state index in [2.05, 4.69) is 32.9 Å². The number of nitrogens with one attached hydrogen (secondary N) is 3. The van der Waals surface area contributed by atoms with Crippen molar-refractivity contribution in [3.05, 3.63) is 53.6 Å². The average molecular weight is 357 g/mol. The van der Waals surface area contributed by atoms with E-state index >= 15 is 0 Å². The highest BCUT2D eigenvalue weighted by Crippen LogP contribution is 2.19. The van der Waals surface area contributed by atoms with Gasteiger partial charge in [0.2, 0.25) is 0 Å². The van der Waals surface area contributed by atoms with Gasteiger partial charge in [-0.1, -0.05) is 6.07 Å². The van der Waals surface area contributed by atoms with E-state index in [1.807, 2.05) is 6.92 Å². The van der Waals surface area contributed by atoms with Crippen LogP contribution in [0.4, 0.5) is 20.6 Å². The molecule has 1 atom stereocenters. The van der Waals surface area contributed by atoms with E-state index in [0.717, 1.165) is 30.8 Å². The smallest absolute Gasteiger partial charge is 0.315 e. The lowest BCUT2D eigenvalue weighted by molar-refractivity contribution is 0.249. The Morgan fingerprint density at radius 2 is 2.19 bits per heavy atom. The summed E-state index contributed by atoms with van der Waals surface area (Å²) in [5.41, 5.74) is 2.53. The maximum absolute atomic E-state index is 14.1. The number of carbonyl (C=O) groups is 1. The van der Waals surface area contributed by atoms with Gasteiger partial charge < -0.3 is 16.0 Å². The van der Waals surface area contributed by atoms with Crippen LogP contribution in [-0.2, 0) is 6.54 Å². The van der Waals surface area contributed by atoms with Gasteiger partial charge in [0.25, 0.3) is 0 Å². The monoisotopic (exact) mass is 357 g/mol. The largest absolute Gasteiger partial charge is 0.323 e. The highest BCUT2D eigenvalue weighted by atomic mass is 19.1. The third-order valence-corrected chi connectivity index (χ3v) is 4.54. The summed E-state index contributed by atoms with van der Waals surface area (Å²) in [7, 11) is 2.06. The second-order valence-electron chi connectivity index (χ2n) is 6.64. The minimum atomic E-state index is -0.500. The molecule has 1 aromatic heterocycles. The first-order valence-corrected chi connectivity index (χ1v) is 8.71. The van der Waals surface area contributed by atoms with Crippen molar-refractivity contribution in [2.75, 3.05) is 30.8 Å². The zero-order valence-corrected chi connectivity index (χ0v) is 15.1. The minimum Gasteiger partial charge on any atom is -0.315 e. The predicted molar refractivity (Wildman–Crippen MR) is 101 cm³/mol. The Balaban J connectivity index is 1.63. The lowest BCUT2D eigenvalue weighted by Gasteiger charge is -2.23. The Labute approximate surface area is 152 Å². The second-order valence-corrected chi connectivity index (χ2v) is 6.64. The van der Waals surface area contributed by atoms with Crippen molar-refractivity contribution < 1.29 is 9.18 Å². The highest BCUT2D eigenvalue weighted by Gasteiger charge is 2.19. The molecule has 0 aliphatic carbocycles. The van der Waals surface area contributed by atoms with Crippen molar-refractivity contribution in [2.24, 2.45) is 0 Å². The van der Waals surface area contributed by atoms with Crippen LogP contribution in [0, 0.1) is 12.7 Å². The van der Waals surface area contributed by atoms with E-state index in [-0.39, 0.29) is 5.69 Å². The summed E-state index contributed by atoms with van der Waals surface area (Å²) in [6, 6.07) is 8.35. The highest BCUT2D eigenvalue weighted by molar-refractivity contribution is 5.99. The molecule has 3 rings (SSSR count). The van der Waals surface area contributed by atoms with Crippen LogP contribution < -0.4 is 16.0 Å². The lowest BCUT2D eigenvalue weighted by Crippen LogP contribution is -2.32. The molecule has 26 heavy (non-hydrogen) atoms. The summed E-state index contributed by atoms with van der Waals surface area (Å²) in [6.45, 7) is 4.56. The van der Waals surface area contributed by atoms with E-state index in [9.17, 15) is 9.18 Å². The third-order valence-electron chi connectivity index (χ3n) is 4.54. The van der Waals surface area contributed by atoms with Crippen LogP contribution in [-0.4, -0.2) is 42.1 Å². The van der Waals surface area contributed by atoms with Crippen LogP contribution in [0.25, 0.3) is 0 Å². The summed E-state index contributed by atoms with van der Waals surface area (Å²) >= 11 is 0. The molecule has 0 spiro atoms. The van der Waals surface area contributed by atoms with Crippen molar-refractivity contribution in [3.8, 4) is 0 Å². The van der Waals surface area contributed by atoms with Gasteiger partial charge in [0, 0.05) is 24.8 Å². The van der Waals surface area contributed by atoms with Gasteiger partial charge in [-0.05, 0) is 56.8 Å². The molecule has 2 amide bonds. The number of hydrogen-bond acceptors (Lipinski definition) is 4. The zero-order valence-electron chi connectivity index (χ0n) is 15.1. The van der Waals surface area contributed by atoms with Gasteiger partial charge in [-0.25, -0.2) is 9.18 Å². The molecule has 6 nitrogen and oxygen atoms in total. The number of aryl methyl sites for hydroxylation is 1. The van der Waals surface area contributed by atoms with Crippen LogP contribution >= 0.6 is 0 Å². The van der Waals surface area contributed by atoms with E-state index in [1.165, 1.54) is 6.07 Å². The van der Waals surface area contributed by atoms with Crippen LogP contribution in [0.2, 0.25) is 0 Å². The molecular weight excluding hydrogens is 333 g/mol. The molecule has 1 aliphatic rings. The van der Waals surface area contributed by atoms with Crippen molar-refractivity contribution in [1.82, 2.24) is 15.2 Å². The number of rotatable bonds is 5. The van der Waals surface area contributed by atoms with Gasteiger partial charge in [0.15, 0.2) is 0 Å². The number of aromatic nitrogens is 1. The molecule has 2 heterocycles. The van der Waals surface area contributed by atoms with Gasteiger partial charge in [-0.2, -0.15) is 0 Å². The first-order chi connectivity index (χ1) is 12.5. The number of halogens is 1. The van der Waals surface area contributed by atoms with Crippen molar-refractivity contribution in [3.63, 3.8) is 0 Å². The third kappa shape index (κ3) is 4.77. The molecule has 0 bridgehead atoms. The molecule has 2 aromatic rings. The van der Waals surface area contributed by atoms with Crippen LogP contribution in [0.5, 0.6) is 0 Å². The number of amides is 2. The van der Waals surface area contributed by atoms with Crippen molar-refractivity contribution in [2.45, 2.75) is 25.9 Å². The van der Waals surface area contributed by atoms with E-state index in [4.69, 9.17) is 0 Å². The topological polar surface area (TPSA) is 69.3 Å². The molecule has 0 radical (unpaired) electrons. The molecule has 1 saturated heterocycles. The standard InChI is InChI=1S/C19H24FN5O/c1-13-3-5-15(10-22-13)23-19(26)24-18-9-14(4-6-17(18)20)12-25(2)16-7-8-21-11-16/h3-6,9-10,16,21H,7-8,11-12H2,1-2H3,(H2,23,24,26)/t16-/m1/s1. The number of carbonyl (C=O) groups excluding carboxylic acids is 1. The zero-order chi connectivity index (χ0) is 18.5. The first-order valence-electron chi connectivity index (χ1n) is 8.71. The van der Waals surface area contributed by atoms with E-state index in [1.54, 1.807) is 30.5 Å². The van der Waals surface area contributed by atoms with Crippen molar-refractivity contribution >= 4 is 17.4 Å². The molecular formula is C19H24FN5O. The molecule has 7 heteroatoms. The van der Waals surface area contributed by atoms with Crippen LogP contribution in [0.15, 0.2) is 36.5 Å². The normalized spacial score (nSPS) is 16.7. The van der Waals surface area contributed by atoms with Gasteiger partial charge in [0.05, 0.1) is 17.6 Å². The Kier molecular flexibility index (Phi) is 5.80. The lowest BCUT2D eigenvalue weighted by atomic mass is 10.1. The summed E-state index contributed by atoms with van der Waals surface area (Å²) < 4.78 is 14.1. The maximum Gasteiger partial charge on any atom is 0.323 e. The molecule has 138 valence electrons. The fourth-order valence-electron chi connectivity index (χ4n) is 3.03. The first kappa shape index (κ1) is 18.3. The minimum absolute atomic E-state index is 0.165. The summed E-state index contributed by atoms with van der Waals surface area (Å²) in [4.78, 5) is 18.5. The SMILES string of the molecule is Cc1ccc(NC(=O)Nc2cc(CN(C)[C@@H]3CCNC3)ccc2F)cn1. The summed E-state index contributed by atoms with van der Waals surface area (Å²) in [5.74, 6) is -0.462. The fourth-order valence-corrected chi connectivity index (χ4v) is 3.03. The summed E-state index contributed by atoms with van der Waals surface area (Å²) in [6.07, 6.45) is 2.67. The molecule has 1 aromatic carbocycles. The Bertz CT molecular complexity index is 759. The van der Waals surface area contributed by atoms with Gasteiger partial charge >= 0.3 is 6.03 Å². The van der Waals surface area contributed by atoms with E-state index < -0.39 is 11.8 Å². The fraction of sp³-hybridized carbons (Fsp3) is 0.368. The van der Waals surface area contributed by atoms with Crippen LogP contribution in [0.1, 0.15) is 17.7 Å². The second kappa shape index (κ2) is 8.25. The molecule has 1 aliphatic heterocycles. The van der Waals surface area contributed by atoms with Crippen LogP contribution in [0.3, 0.4) is 0 Å². The predicted octanol–water partition coefficient (Wildman–Crippen LogP) is 2.97. The van der Waals surface area contributed by atoms with Gasteiger partial charge in [0.1, 0.15) is 5.82 Å². The molecule has 0 saturated carbocycles. The Morgan fingerprint density at radius 3 is 2.88 bits per heavy atom. The number of hydrogen-bond donors (Lipinski definition) is 3. The summed E-state index contributed by atoms with van der Waals surface area (Å²) in [5, 5.41) is 8.56. The number of likely N-dealkylation sites (N-methyl/N-ethyl adjacent to an activating group) is 1. The number of anilines is 2. The molecule has 1 fully saturated rings. The Hall–Kier alpha value is -2.51.